The van der Waals surface area contributed by atoms with Gasteiger partial charge in [0, 0.05) is 19.1 Å². The molecule has 0 radical (unpaired) electrons. The number of fused-ring (bicyclic) bond motifs is 1. The molecule has 1 N–H and O–H groups in total. The molecule has 2 heteroatoms. The summed E-state index contributed by atoms with van der Waals surface area (Å²) in [6.45, 7) is 8.76. The van der Waals surface area contributed by atoms with Crippen LogP contribution in [0.25, 0.3) is 0 Å². The first-order valence-corrected chi connectivity index (χ1v) is 5.33. The average Bonchev–Trinajstić information content (AvgIpc) is 2.17. The third-order valence-corrected chi connectivity index (χ3v) is 2.92. The van der Waals surface area contributed by atoms with Crippen LogP contribution in [0, 0.1) is 6.92 Å². The molecule has 0 amide bonds. The van der Waals surface area contributed by atoms with E-state index in [1.165, 1.54) is 16.9 Å². The third-order valence-electron chi connectivity index (χ3n) is 2.92. The van der Waals surface area contributed by atoms with Crippen molar-refractivity contribution < 1.29 is 0 Å². The van der Waals surface area contributed by atoms with Crippen molar-refractivity contribution in [2.24, 2.45) is 0 Å². The first-order chi connectivity index (χ1) is 6.72. The van der Waals surface area contributed by atoms with Crippen LogP contribution in [0.1, 0.15) is 19.4 Å². The van der Waals surface area contributed by atoms with Gasteiger partial charge in [0.2, 0.25) is 0 Å². The maximum absolute atomic E-state index is 3.46. The van der Waals surface area contributed by atoms with Crippen molar-refractivity contribution in [3.05, 3.63) is 23.8 Å². The molecule has 0 bridgehead atoms. The minimum absolute atomic E-state index is 0.592. The highest BCUT2D eigenvalue weighted by atomic mass is 15.2. The summed E-state index contributed by atoms with van der Waals surface area (Å²) in [6.07, 6.45) is 0. The Morgan fingerprint density at radius 1 is 1.50 bits per heavy atom. The number of nitrogens with zero attached hydrogens (tertiary/aromatic N) is 1. The van der Waals surface area contributed by atoms with Crippen molar-refractivity contribution >= 4 is 11.4 Å². The maximum Gasteiger partial charge on any atom is 0.0607 e. The Labute approximate surface area is 85.9 Å². The van der Waals surface area contributed by atoms with E-state index in [9.17, 15) is 0 Å². The van der Waals surface area contributed by atoms with Crippen LogP contribution in [-0.4, -0.2) is 19.1 Å². The van der Waals surface area contributed by atoms with Crippen LogP contribution in [-0.2, 0) is 0 Å². The van der Waals surface area contributed by atoms with E-state index in [4.69, 9.17) is 0 Å². The van der Waals surface area contributed by atoms with Crippen LogP contribution >= 0.6 is 0 Å². The molecule has 1 aliphatic rings. The summed E-state index contributed by atoms with van der Waals surface area (Å²) in [5, 5.41) is 3.46. The Balaban J connectivity index is 2.43. The number of likely N-dealkylation sites (N-methyl/N-ethyl adjacent to an activating group) is 1. The predicted octanol–water partition coefficient (Wildman–Crippen LogP) is 2.64. The highest BCUT2D eigenvalue weighted by Gasteiger charge is 2.20. The van der Waals surface area contributed by atoms with Gasteiger partial charge in [0.25, 0.3) is 0 Å². The minimum atomic E-state index is 0.592. The van der Waals surface area contributed by atoms with Gasteiger partial charge in [-0.1, -0.05) is 6.07 Å². The van der Waals surface area contributed by atoms with E-state index in [0.29, 0.717) is 6.04 Å². The molecule has 2 rings (SSSR count). The second kappa shape index (κ2) is 3.52. The molecule has 1 aromatic carbocycles. The number of aryl methyl sites for hydroxylation is 1. The van der Waals surface area contributed by atoms with Crippen LogP contribution in [0.3, 0.4) is 0 Å². The smallest absolute Gasteiger partial charge is 0.0607 e. The van der Waals surface area contributed by atoms with Crippen molar-refractivity contribution in [1.82, 2.24) is 0 Å². The quantitative estimate of drug-likeness (QED) is 0.732. The summed E-state index contributed by atoms with van der Waals surface area (Å²) in [5.41, 5.74) is 3.96. The van der Waals surface area contributed by atoms with Gasteiger partial charge in [-0.25, -0.2) is 0 Å². The van der Waals surface area contributed by atoms with Crippen LogP contribution < -0.4 is 10.2 Å². The van der Waals surface area contributed by atoms with E-state index in [1.807, 2.05) is 0 Å². The summed E-state index contributed by atoms with van der Waals surface area (Å²) in [7, 11) is 0. The van der Waals surface area contributed by atoms with Crippen molar-refractivity contribution in [3.8, 4) is 0 Å². The standard InChI is InChI=1S/C12H18N2/c1-4-14-10(3)8-13-11-6-5-9(2)7-12(11)14/h5-7,10,13H,4,8H2,1-3H3. The summed E-state index contributed by atoms with van der Waals surface area (Å²) < 4.78 is 0. The van der Waals surface area contributed by atoms with Gasteiger partial charge >= 0.3 is 0 Å². The Hall–Kier alpha value is -1.18. The fraction of sp³-hybridized carbons (Fsp3) is 0.500. The Bertz CT molecular complexity index is 333. The fourth-order valence-electron chi connectivity index (χ4n) is 2.12. The van der Waals surface area contributed by atoms with Gasteiger partial charge in [-0.2, -0.15) is 0 Å². The zero-order valence-corrected chi connectivity index (χ0v) is 9.17. The molecule has 0 aromatic heterocycles. The summed E-state index contributed by atoms with van der Waals surface area (Å²) in [6, 6.07) is 7.20. The normalized spacial score (nSPS) is 20.2. The lowest BCUT2D eigenvalue weighted by Crippen LogP contribution is -2.41. The molecule has 0 saturated carbocycles. The van der Waals surface area contributed by atoms with Crippen LogP contribution in [0.15, 0.2) is 18.2 Å². The minimum Gasteiger partial charge on any atom is -0.381 e. The monoisotopic (exact) mass is 190 g/mol. The van der Waals surface area contributed by atoms with Crippen LogP contribution in [0.4, 0.5) is 11.4 Å². The van der Waals surface area contributed by atoms with E-state index >= 15 is 0 Å². The molecule has 1 aliphatic heterocycles. The molecule has 0 saturated heterocycles. The molecule has 76 valence electrons. The molecule has 0 fully saturated rings. The van der Waals surface area contributed by atoms with Gasteiger partial charge in [0.05, 0.1) is 11.4 Å². The summed E-state index contributed by atoms with van der Waals surface area (Å²) in [5.74, 6) is 0. The molecule has 1 atom stereocenters. The second-order valence-corrected chi connectivity index (χ2v) is 4.04. The van der Waals surface area contributed by atoms with Crippen LogP contribution in [0.2, 0.25) is 0 Å². The van der Waals surface area contributed by atoms with Gasteiger partial charge in [-0.3, -0.25) is 0 Å². The largest absolute Gasteiger partial charge is 0.381 e. The predicted molar refractivity (Wildman–Crippen MR) is 62.2 cm³/mol. The lowest BCUT2D eigenvalue weighted by atomic mass is 10.1. The zero-order chi connectivity index (χ0) is 10.1. The van der Waals surface area contributed by atoms with Crippen LogP contribution in [0.5, 0.6) is 0 Å². The van der Waals surface area contributed by atoms with E-state index in [0.717, 1.165) is 13.1 Å². The third kappa shape index (κ3) is 1.45. The number of hydrogen-bond acceptors (Lipinski definition) is 2. The fourth-order valence-corrected chi connectivity index (χ4v) is 2.12. The lowest BCUT2D eigenvalue weighted by molar-refractivity contribution is 0.659. The summed E-state index contributed by atoms with van der Waals surface area (Å²) in [4.78, 5) is 2.46. The maximum atomic E-state index is 3.46. The van der Waals surface area contributed by atoms with Gasteiger partial charge in [0.1, 0.15) is 0 Å². The van der Waals surface area contributed by atoms with E-state index < -0.39 is 0 Å². The topological polar surface area (TPSA) is 15.3 Å². The second-order valence-electron chi connectivity index (χ2n) is 4.04. The number of rotatable bonds is 1. The number of anilines is 2. The molecule has 0 spiro atoms. The SMILES string of the molecule is CCN1c2cc(C)ccc2NCC1C. The Kier molecular flexibility index (Phi) is 2.36. The van der Waals surface area contributed by atoms with Crippen molar-refractivity contribution in [3.63, 3.8) is 0 Å². The molecule has 14 heavy (non-hydrogen) atoms. The molecule has 1 heterocycles. The molecule has 2 nitrogen and oxygen atoms in total. The molecular weight excluding hydrogens is 172 g/mol. The Morgan fingerprint density at radius 2 is 2.29 bits per heavy atom. The van der Waals surface area contributed by atoms with Gasteiger partial charge in [-0.15, -0.1) is 0 Å². The Morgan fingerprint density at radius 3 is 3.00 bits per heavy atom. The first-order valence-electron chi connectivity index (χ1n) is 5.33. The highest BCUT2D eigenvalue weighted by molar-refractivity contribution is 5.73. The lowest BCUT2D eigenvalue weighted by Gasteiger charge is -2.37. The van der Waals surface area contributed by atoms with Gasteiger partial charge in [-0.05, 0) is 38.5 Å². The average molecular weight is 190 g/mol. The molecule has 1 aromatic rings. The van der Waals surface area contributed by atoms with E-state index in [1.54, 1.807) is 0 Å². The number of hydrogen-bond donors (Lipinski definition) is 1. The van der Waals surface area contributed by atoms with Crippen molar-refractivity contribution in [1.29, 1.82) is 0 Å². The first kappa shape index (κ1) is 9.38. The van der Waals surface area contributed by atoms with E-state index in [-0.39, 0.29) is 0 Å². The highest BCUT2D eigenvalue weighted by Crippen LogP contribution is 2.31. The van der Waals surface area contributed by atoms with Gasteiger partial charge in [0.15, 0.2) is 0 Å². The van der Waals surface area contributed by atoms with Crippen molar-refractivity contribution in [2.45, 2.75) is 26.8 Å². The van der Waals surface area contributed by atoms with Crippen molar-refractivity contribution in [2.75, 3.05) is 23.3 Å². The van der Waals surface area contributed by atoms with E-state index in [2.05, 4.69) is 49.2 Å². The summed E-state index contributed by atoms with van der Waals surface area (Å²) >= 11 is 0. The zero-order valence-electron chi connectivity index (χ0n) is 9.17. The molecule has 1 unspecified atom stereocenters. The number of benzene rings is 1. The molecular formula is C12H18N2. The number of nitrogens with one attached hydrogen (secondary N) is 1. The molecule has 0 aliphatic carbocycles. The van der Waals surface area contributed by atoms with Gasteiger partial charge < -0.3 is 10.2 Å².